The first kappa shape index (κ1) is 9.95. The first-order chi connectivity index (χ1) is 5.16. The summed E-state index contributed by atoms with van der Waals surface area (Å²) in [6.45, 7) is 5.97. The maximum Gasteiger partial charge on any atom is 0.0957 e. The van der Waals surface area contributed by atoms with Gasteiger partial charge >= 0.3 is 0 Å². The van der Waals surface area contributed by atoms with E-state index in [9.17, 15) is 0 Å². The summed E-state index contributed by atoms with van der Waals surface area (Å²) in [6, 6.07) is 0. The van der Waals surface area contributed by atoms with Gasteiger partial charge in [0.05, 0.1) is 5.84 Å². The third kappa shape index (κ3) is 6.84. The van der Waals surface area contributed by atoms with Gasteiger partial charge < -0.3 is 5.73 Å². The highest BCUT2D eigenvalue weighted by molar-refractivity contribution is 5.77. The molecule has 0 radical (unpaired) electrons. The van der Waals surface area contributed by atoms with E-state index in [0.717, 1.165) is 6.42 Å². The molecular weight excluding hydrogens is 136 g/mol. The van der Waals surface area contributed by atoms with Crippen molar-refractivity contribution in [2.24, 2.45) is 10.7 Å². The van der Waals surface area contributed by atoms with Gasteiger partial charge in [0.25, 0.3) is 0 Å². The second kappa shape index (κ2) is 5.71. The summed E-state index contributed by atoms with van der Waals surface area (Å²) < 4.78 is 0. The van der Waals surface area contributed by atoms with Crippen molar-refractivity contribution in [3.8, 4) is 0 Å². The average Bonchev–Trinajstić information content (AvgIpc) is 1.97. The van der Waals surface area contributed by atoms with Gasteiger partial charge in [0, 0.05) is 6.20 Å². The van der Waals surface area contributed by atoms with Gasteiger partial charge in [-0.3, -0.25) is 0 Å². The Morgan fingerprint density at radius 2 is 2.09 bits per heavy atom. The summed E-state index contributed by atoms with van der Waals surface area (Å²) >= 11 is 0. The minimum absolute atomic E-state index is 0.587. The molecule has 0 bridgehead atoms. The van der Waals surface area contributed by atoms with Crippen LogP contribution in [-0.4, -0.2) is 5.84 Å². The number of hydrogen-bond acceptors (Lipinski definition) is 1. The van der Waals surface area contributed by atoms with Crippen LogP contribution in [-0.2, 0) is 0 Å². The molecule has 0 heterocycles. The van der Waals surface area contributed by atoms with Crippen LogP contribution in [0.4, 0.5) is 0 Å². The van der Waals surface area contributed by atoms with E-state index in [-0.39, 0.29) is 0 Å². The fourth-order valence-electron chi connectivity index (χ4n) is 0.486. The number of nitrogens with zero attached hydrogens (tertiary/aromatic N) is 1. The third-order valence-corrected chi connectivity index (χ3v) is 1.30. The van der Waals surface area contributed by atoms with Crippen LogP contribution in [0.1, 0.15) is 27.2 Å². The highest BCUT2D eigenvalue weighted by atomic mass is 14.8. The van der Waals surface area contributed by atoms with Crippen molar-refractivity contribution in [3.05, 3.63) is 23.9 Å². The largest absolute Gasteiger partial charge is 0.387 e. The first-order valence-electron chi connectivity index (χ1n) is 3.79. The van der Waals surface area contributed by atoms with Gasteiger partial charge in [-0.15, -0.1) is 0 Å². The molecule has 0 aliphatic rings. The van der Waals surface area contributed by atoms with Crippen LogP contribution in [0.3, 0.4) is 0 Å². The quantitative estimate of drug-likeness (QED) is 0.376. The number of allylic oxidation sites excluding steroid dienone is 3. The maximum absolute atomic E-state index is 5.32. The number of nitrogens with two attached hydrogens (primary N) is 1. The Labute approximate surface area is 68.5 Å². The Bertz CT molecular complexity index is 184. The lowest BCUT2D eigenvalue weighted by Crippen LogP contribution is -2.03. The minimum Gasteiger partial charge on any atom is -0.387 e. The maximum atomic E-state index is 5.32. The van der Waals surface area contributed by atoms with Crippen molar-refractivity contribution in [1.82, 2.24) is 0 Å². The van der Waals surface area contributed by atoms with Gasteiger partial charge in [0.15, 0.2) is 0 Å². The van der Waals surface area contributed by atoms with Gasteiger partial charge in [-0.1, -0.05) is 18.6 Å². The molecule has 0 saturated carbocycles. The summed E-state index contributed by atoms with van der Waals surface area (Å²) in [5, 5.41) is 0. The van der Waals surface area contributed by atoms with Crippen molar-refractivity contribution < 1.29 is 0 Å². The fraction of sp³-hybridized carbons (Fsp3) is 0.444. The molecule has 2 heteroatoms. The SMILES string of the molecule is CCC(C)=C/C=C\N=C(C)N. The van der Waals surface area contributed by atoms with E-state index in [1.807, 2.05) is 12.2 Å². The average molecular weight is 152 g/mol. The number of hydrogen-bond donors (Lipinski definition) is 1. The molecule has 0 fully saturated rings. The zero-order valence-corrected chi connectivity index (χ0v) is 7.46. The number of amidine groups is 1. The second-order valence-electron chi connectivity index (χ2n) is 2.48. The van der Waals surface area contributed by atoms with E-state index < -0.39 is 0 Å². The van der Waals surface area contributed by atoms with Crippen LogP contribution in [0.25, 0.3) is 0 Å². The van der Waals surface area contributed by atoms with Crippen LogP contribution >= 0.6 is 0 Å². The van der Waals surface area contributed by atoms with Crippen molar-refractivity contribution in [1.29, 1.82) is 0 Å². The summed E-state index contributed by atoms with van der Waals surface area (Å²) in [5.74, 6) is 0.587. The van der Waals surface area contributed by atoms with Gasteiger partial charge in [-0.05, 0) is 26.3 Å². The molecule has 62 valence electrons. The van der Waals surface area contributed by atoms with Crippen LogP contribution in [0.15, 0.2) is 28.9 Å². The predicted octanol–water partition coefficient (Wildman–Crippen LogP) is 2.23. The van der Waals surface area contributed by atoms with E-state index in [0.29, 0.717) is 5.84 Å². The van der Waals surface area contributed by atoms with Crippen LogP contribution in [0.2, 0.25) is 0 Å². The Hall–Kier alpha value is -1.05. The Morgan fingerprint density at radius 3 is 2.55 bits per heavy atom. The van der Waals surface area contributed by atoms with Gasteiger partial charge in [0.1, 0.15) is 0 Å². The van der Waals surface area contributed by atoms with Gasteiger partial charge in [0.2, 0.25) is 0 Å². The van der Waals surface area contributed by atoms with Crippen LogP contribution in [0, 0.1) is 0 Å². The molecular formula is C9H16N2. The molecule has 0 saturated heterocycles. The standard InChI is InChI=1S/C9H16N2/c1-4-8(2)6-5-7-11-9(3)10/h5-7H,4H2,1-3H3,(H2,10,11)/b7-5-,8-6?. The van der Waals surface area contributed by atoms with E-state index in [4.69, 9.17) is 5.73 Å². The lowest BCUT2D eigenvalue weighted by atomic mass is 10.2. The highest BCUT2D eigenvalue weighted by Gasteiger charge is 1.77. The monoisotopic (exact) mass is 152 g/mol. The summed E-state index contributed by atoms with van der Waals surface area (Å²) in [4.78, 5) is 3.90. The lowest BCUT2D eigenvalue weighted by molar-refractivity contribution is 1.10. The minimum atomic E-state index is 0.587. The zero-order chi connectivity index (χ0) is 8.69. The molecule has 2 N–H and O–H groups in total. The highest BCUT2D eigenvalue weighted by Crippen LogP contribution is 1.97. The van der Waals surface area contributed by atoms with Gasteiger partial charge in [-0.2, -0.15) is 0 Å². The van der Waals surface area contributed by atoms with Crippen molar-refractivity contribution >= 4 is 5.84 Å². The molecule has 2 nitrogen and oxygen atoms in total. The Morgan fingerprint density at radius 1 is 1.45 bits per heavy atom. The Balaban J connectivity index is 3.87. The van der Waals surface area contributed by atoms with Crippen LogP contribution < -0.4 is 5.73 Å². The van der Waals surface area contributed by atoms with Crippen molar-refractivity contribution in [2.75, 3.05) is 0 Å². The fourth-order valence-corrected chi connectivity index (χ4v) is 0.486. The van der Waals surface area contributed by atoms with E-state index in [1.165, 1.54) is 5.57 Å². The second-order valence-corrected chi connectivity index (χ2v) is 2.48. The summed E-state index contributed by atoms with van der Waals surface area (Å²) in [6.07, 6.45) is 6.71. The van der Waals surface area contributed by atoms with Gasteiger partial charge in [-0.25, -0.2) is 4.99 Å². The van der Waals surface area contributed by atoms with Crippen LogP contribution in [0.5, 0.6) is 0 Å². The molecule has 11 heavy (non-hydrogen) atoms. The lowest BCUT2D eigenvalue weighted by Gasteiger charge is -1.88. The van der Waals surface area contributed by atoms with E-state index in [1.54, 1.807) is 13.1 Å². The third-order valence-electron chi connectivity index (χ3n) is 1.30. The molecule has 0 rings (SSSR count). The normalized spacial score (nSPS) is 14.5. The molecule has 0 atom stereocenters. The molecule has 0 aromatic heterocycles. The zero-order valence-electron chi connectivity index (χ0n) is 7.46. The number of aliphatic imine (C=N–C) groups is 1. The first-order valence-corrected chi connectivity index (χ1v) is 3.79. The topological polar surface area (TPSA) is 38.4 Å². The molecule has 0 unspecified atom stereocenters. The van der Waals surface area contributed by atoms with Crippen molar-refractivity contribution in [2.45, 2.75) is 27.2 Å². The smallest absolute Gasteiger partial charge is 0.0957 e. The predicted molar refractivity (Wildman–Crippen MR) is 50.5 cm³/mol. The molecule has 0 spiro atoms. The molecule has 0 aliphatic carbocycles. The van der Waals surface area contributed by atoms with E-state index in [2.05, 4.69) is 18.8 Å². The molecule has 0 amide bonds. The number of rotatable bonds is 3. The molecule has 0 aromatic carbocycles. The van der Waals surface area contributed by atoms with Crippen molar-refractivity contribution in [3.63, 3.8) is 0 Å². The molecule has 0 aliphatic heterocycles. The molecule has 0 aromatic rings. The Kier molecular flexibility index (Phi) is 5.17. The summed E-state index contributed by atoms with van der Waals surface area (Å²) in [7, 11) is 0. The van der Waals surface area contributed by atoms with E-state index >= 15 is 0 Å². The summed E-state index contributed by atoms with van der Waals surface area (Å²) in [5.41, 5.74) is 6.66.